The minimum absolute atomic E-state index is 0.389. The molecule has 3 N–H and O–H groups in total. The first-order valence-electron chi connectivity index (χ1n) is 8.06. The van der Waals surface area contributed by atoms with Gasteiger partial charge in [-0.1, -0.05) is 13.3 Å². The molecule has 0 aromatic carbocycles. The minimum Gasteiger partial charge on any atom is -0.389 e. The number of piperazine rings is 1. The van der Waals surface area contributed by atoms with E-state index >= 15 is 0 Å². The zero-order valence-electron chi connectivity index (χ0n) is 12.5. The highest BCUT2D eigenvalue weighted by Gasteiger charge is 2.29. The summed E-state index contributed by atoms with van der Waals surface area (Å²) in [6, 6.07) is 0.794. The monoisotopic (exact) mass is 269 g/mol. The van der Waals surface area contributed by atoms with Crippen molar-refractivity contribution in [2.75, 3.05) is 39.3 Å². The lowest BCUT2D eigenvalue weighted by molar-refractivity contribution is 0.0216. The van der Waals surface area contributed by atoms with Crippen molar-refractivity contribution in [3.63, 3.8) is 0 Å². The Bertz CT molecular complexity index is 268. The predicted molar refractivity (Wildman–Crippen MR) is 79.2 cm³/mol. The van der Waals surface area contributed by atoms with Crippen molar-refractivity contribution in [3.8, 4) is 0 Å². The smallest absolute Gasteiger partial charge is 0.0767 e. The van der Waals surface area contributed by atoms with Crippen molar-refractivity contribution in [1.82, 2.24) is 9.80 Å². The highest BCUT2D eigenvalue weighted by Crippen LogP contribution is 2.22. The first-order valence-corrected chi connectivity index (χ1v) is 8.06. The van der Waals surface area contributed by atoms with Crippen LogP contribution in [0.4, 0.5) is 0 Å². The Balaban J connectivity index is 1.69. The molecule has 2 rings (SSSR count). The zero-order valence-corrected chi connectivity index (χ0v) is 12.5. The van der Waals surface area contributed by atoms with Gasteiger partial charge in [-0.25, -0.2) is 0 Å². The number of fused-ring (bicyclic) bond motifs is 1. The van der Waals surface area contributed by atoms with E-state index in [1.165, 1.54) is 45.4 Å². The van der Waals surface area contributed by atoms with Gasteiger partial charge < -0.3 is 15.7 Å². The Labute approximate surface area is 117 Å². The SMILES string of the molecule is CCC(O)(CN)CCCN1CCN2CCCCC2C1. The number of rotatable bonds is 6. The van der Waals surface area contributed by atoms with Gasteiger partial charge in [0.2, 0.25) is 0 Å². The summed E-state index contributed by atoms with van der Waals surface area (Å²) in [5.41, 5.74) is 5.02. The minimum atomic E-state index is -0.632. The maximum absolute atomic E-state index is 10.2. The molecule has 2 aliphatic rings. The molecule has 0 amide bonds. The first kappa shape index (κ1) is 15.2. The quantitative estimate of drug-likeness (QED) is 0.756. The Hall–Kier alpha value is -0.160. The number of piperidine rings is 1. The summed E-state index contributed by atoms with van der Waals surface area (Å²) < 4.78 is 0. The van der Waals surface area contributed by atoms with E-state index in [2.05, 4.69) is 9.80 Å². The van der Waals surface area contributed by atoms with Gasteiger partial charge in [-0.05, 0) is 45.2 Å². The fourth-order valence-electron chi connectivity index (χ4n) is 3.48. The van der Waals surface area contributed by atoms with Crippen molar-refractivity contribution in [2.24, 2.45) is 5.73 Å². The predicted octanol–water partition coefficient (Wildman–Crippen LogP) is 1.04. The van der Waals surface area contributed by atoms with E-state index < -0.39 is 5.60 Å². The summed E-state index contributed by atoms with van der Waals surface area (Å²) in [5.74, 6) is 0. The van der Waals surface area contributed by atoms with Gasteiger partial charge in [0.25, 0.3) is 0 Å². The van der Waals surface area contributed by atoms with E-state index in [9.17, 15) is 5.11 Å². The molecular weight excluding hydrogens is 238 g/mol. The molecule has 2 saturated heterocycles. The Morgan fingerprint density at radius 3 is 2.84 bits per heavy atom. The average Bonchev–Trinajstić information content (AvgIpc) is 2.47. The third kappa shape index (κ3) is 4.15. The zero-order chi connectivity index (χ0) is 13.7. The van der Waals surface area contributed by atoms with Crippen LogP contribution in [0.3, 0.4) is 0 Å². The van der Waals surface area contributed by atoms with Crippen LogP contribution in [0.2, 0.25) is 0 Å². The molecule has 0 aliphatic carbocycles. The normalized spacial score (nSPS) is 28.9. The molecular formula is C15H31N3O. The van der Waals surface area contributed by atoms with E-state index in [0.29, 0.717) is 6.54 Å². The lowest BCUT2D eigenvalue weighted by Gasteiger charge is -2.44. The van der Waals surface area contributed by atoms with Crippen molar-refractivity contribution in [1.29, 1.82) is 0 Å². The van der Waals surface area contributed by atoms with Crippen LogP contribution in [-0.4, -0.2) is 65.8 Å². The lowest BCUT2D eigenvalue weighted by atomic mass is 9.94. The molecule has 2 heterocycles. The lowest BCUT2D eigenvalue weighted by Crippen LogP contribution is -2.54. The Kier molecular flexibility index (Phi) is 5.63. The van der Waals surface area contributed by atoms with Crippen LogP contribution >= 0.6 is 0 Å². The van der Waals surface area contributed by atoms with Crippen LogP contribution in [-0.2, 0) is 0 Å². The third-order valence-electron chi connectivity index (χ3n) is 5.08. The molecule has 0 radical (unpaired) electrons. The van der Waals surface area contributed by atoms with Gasteiger partial charge in [-0.15, -0.1) is 0 Å². The summed E-state index contributed by atoms with van der Waals surface area (Å²) in [6.07, 6.45) is 6.82. The maximum Gasteiger partial charge on any atom is 0.0767 e. The summed E-state index contributed by atoms with van der Waals surface area (Å²) in [6.45, 7) is 8.50. The van der Waals surface area contributed by atoms with Crippen LogP contribution in [0.5, 0.6) is 0 Å². The molecule has 0 saturated carbocycles. The summed E-state index contributed by atoms with van der Waals surface area (Å²) in [5, 5.41) is 10.2. The molecule has 2 fully saturated rings. The van der Waals surface area contributed by atoms with Crippen LogP contribution in [0, 0.1) is 0 Å². The molecule has 4 nitrogen and oxygen atoms in total. The van der Waals surface area contributed by atoms with Crippen molar-refractivity contribution >= 4 is 0 Å². The fraction of sp³-hybridized carbons (Fsp3) is 1.00. The van der Waals surface area contributed by atoms with Gasteiger partial charge in [0.1, 0.15) is 0 Å². The van der Waals surface area contributed by atoms with Crippen LogP contribution in [0.25, 0.3) is 0 Å². The van der Waals surface area contributed by atoms with Gasteiger partial charge in [0.05, 0.1) is 5.60 Å². The van der Waals surface area contributed by atoms with Crippen LogP contribution in [0.15, 0.2) is 0 Å². The number of hydrogen-bond donors (Lipinski definition) is 2. The van der Waals surface area contributed by atoms with E-state index in [-0.39, 0.29) is 0 Å². The number of nitrogens with zero attached hydrogens (tertiary/aromatic N) is 2. The first-order chi connectivity index (χ1) is 9.17. The molecule has 112 valence electrons. The molecule has 0 aromatic heterocycles. The van der Waals surface area contributed by atoms with Crippen molar-refractivity contribution in [3.05, 3.63) is 0 Å². The molecule has 4 heteroatoms. The van der Waals surface area contributed by atoms with Gasteiger partial charge in [-0.2, -0.15) is 0 Å². The average molecular weight is 269 g/mol. The summed E-state index contributed by atoms with van der Waals surface area (Å²) in [4.78, 5) is 5.25. The van der Waals surface area contributed by atoms with Crippen molar-refractivity contribution < 1.29 is 5.11 Å². The molecule has 0 spiro atoms. The molecule has 2 unspecified atom stereocenters. The van der Waals surface area contributed by atoms with Gasteiger partial charge in [-0.3, -0.25) is 4.90 Å². The molecule has 0 aromatic rings. The molecule has 2 atom stereocenters. The van der Waals surface area contributed by atoms with Gasteiger partial charge in [0.15, 0.2) is 0 Å². The summed E-state index contributed by atoms with van der Waals surface area (Å²) in [7, 11) is 0. The third-order valence-corrected chi connectivity index (χ3v) is 5.08. The van der Waals surface area contributed by atoms with Crippen LogP contribution in [0.1, 0.15) is 45.4 Å². The van der Waals surface area contributed by atoms with Gasteiger partial charge in [0, 0.05) is 32.2 Å². The van der Waals surface area contributed by atoms with Crippen LogP contribution < -0.4 is 5.73 Å². The second kappa shape index (κ2) is 7.02. The highest BCUT2D eigenvalue weighted by molar-refractivity contribution is 4.85. The fourth-order valence-corrected chi connectivity index (χ4v) is 3.48. The molecule has 2 aliphatic heterocycles. The number of hydrogen-bond acceptors (Lipinski definition) is 4. The van der Waals surface area contributed by atoms with E-state index in [0.717, 1.165) is 31.8 Å². The Morgan fingerprint density at radius 1 is 1.26 bits per heavy atom. The van der Waals surface area contributed by atoms with Gasteiger partial charge >= 0.3 is 0 Å². The molecule has 19 heavy (non-hydrogen) atoms. The molecule has 0 bridgehead atoms. The Morgan fingerprint density at radius 2 is 2.11 bits per heavy atom. The largest absolute Gasteiger partial charge is 0.389 e. The second-order valence-electron chi connectivity index (χ2n) is 6.37. The standard InChI is InChI=1S/C15H31N3O/c1-2-15(19,13-16)7-5-8-17-10-11-18-9-4-3-6-14(18)12-17/h14,19H,2-13,16H2,1H3. The highest BCUT2D eigenvalue weighted by atomic mass is 16.3. The second-order valence-corrected chi connectivity index (χ2v) is 6.37. The summed E-state index contributed by atoms with van der Waals surface area (Å²) >= 11 is 0. The number of nitrogens with two attached hydrogens (primary N) is 1. The van der Waals surface area contributed by atoms with E-state index in [1.54, 1.807) is 0 Å². The van der Waals surface area contributed by atoms with E-state index in [1.807, 2.05) is 6.92 Å². The van der Waals surface area contributed by atoms with E-state index in [4.69, 9.17) is 5.73 Å². The number of aliphatic hydroxyl groups is 1. The maximum atomic E-state index is 10.2. The van der Waals surface area contributed by atoms with Crippen molar-refractivity contribution in [2.45, 2.75) is 57.1 Å². The topological polar surface area (TPSA) is 52.7 Å².